The number of ether oxygens (including phenoxy) is 1. The number of nitrogens with two attached hydrogens (primary N) is 1. The number of halogens is 1. The summed E-state index contributed by atoms with van der Waals surface area (Å²) >= 11 is 6.01. The predicted octanol–water partition coefficient (Wildman–Crippen LogP) is 4.09. The predicted molar refractivity (Wildman–Crippen MR) is 117 cm³/mol. The van der Waals surface area contributed by atoms with Crippen LogP contribution in [-0.4, -0.2) is 25.0 Å². The normalized spacial score (nSPS) is 11.4. The zero-order chi connectivity index (χ0) is 21.3. The zero-order valence-corrected chi connectivity index (χ0v) is 17.5. The first-order chi connectivity index (χ1) is 13.9. The average molecular weight is 415 g/mol. The Hall–Kier alpha value is -2.79. The summed E-state index contributed by atoms with van der Waals surface area (Å²) in [7, 11) is 0. The highest BCUT2D eigenvalue weighted by Crippen LogP contribution is 2.31. The first-order valence-corrected chi connectivity index (χ1v) is 9.99. The van der Waals surface area contributed by atoms with E-state index in [1.54, 1.807) is 30.3 Å². The fourth-order valence-corrected chi connectivity index (χ4v) is 3.26. The second-order valence-corrected chi connectivity index (χ2v) is 7.31. The molecule has 0 aromatic heterocycles. The Kier molecular flexibility index (Phi) is 8.28. The van der Waals surface area contributed by atoms with Crippen LogP contribution >= 0.6 is 11.6 Å². The van der Waals surface area contributed by atoms with Crippen molar-refractivity contribution in [2.75, 3.05) is 13.2 Å². The standard InChI is InChI=1S/C23H27ClN2O3/c1-3-23(4-2,18-8-10-19(24)11-9-18)16-26-22(28)14-7-17-5-12-20(13-6-17)29-15-21(25)27/h5-14H,3-4,15-16H2,1-2H3,(H2,25,27)(H,26,28)/b14-7+. The molecule has 29 heavy (non-hydrogen) atoms. The molecule has 0 saturated carbocycles. The first-order valence-electron chi connectivity index (χ1n) is 9.61. The van der Waals surface area contributed by atoms with E-state index in [-0.39, 0.29) is 17.9 Å². The van der Waals surface area contributed by atoms with E-state index in [1.807, 2.05) is 24.3 Å². The number of amides is 2. The summed E-state index contributed by atoms with van der Waals surface area (Å²) < 4.78 is 5.21. The maximum absolute atomic E-state index is 12.3. The molecule has 2 aromatic rings. The van der Waals surface area contributed by atoms with E-state index in [4.69, 9.17) is 22.1 Å². The molecule has 0 heterocycles. The van der Waals surface area contributed by atoms with E-state index in [9.17, 15) is 9.59 Å². The highest BCUT2D eigenvalue weighted by Gasteiger charge is 2.28. The van der Waals surface area contributed by atoms with E-state index in [0.717, 1.165) is 18.4 Å². The fraction of sp³-hybridized carbons (Fsp3) is 0.304. The van der Waals surface area contributed by atoms with Crippen molar-refractivity contribution in [1.82, 2.24) is 5.32 Å². The number of rotatable bonds is 10. The molecule has 0 atom stereocenters. The van der Waals surface area contributed by atoms with E-state index < -0.39 is 5.91 Å². The van der Waals surface area contributed by atoms with Crippen LogP contribution in [0.5, 0.6) is 5.75 Å². The van der Waals surface area contributed by atoms with Crippen molar-refractivity contribution in [1.29, 1.82) is 0 Å². The van der Waals surface area contributed by atoms with Gasteiger partial charge in [0, 0.05) is 23.1 Å². The Bertz CT molecular complexity index is 841. The Morgan fingerprint density at radius 3 is 2.24 bits per heavy atom. The molecule has 6 heteroatoms. The topological polar surface area (TPSA) is 81.4 Å². The van der Waals surface area contributed by atoms with Crippen molar-refractivity contribution >= 4 is 29.5 Å². The van der Waals surface area contributed by atoms with Gasteiger partial charge in [0.15, 0.2) is 6.61 Å². The van der Waals surface area contributed by atoms with Gasteiger partial charge in [-0.05, 0) is 54.3 Å². The van der Waals surface area contributed by atoms with Gasteiger partial charge in [0.2, 0.25) is 5.91 Å². The van der Waals surface area contributed by atoms with E-state index >= 15 is 0 Å². The highest BCUT2D eigenvalue weighted by atomic mass is 35.5. The van der Waals surface area contributed by atoms with E-state index in [2.05, 4.69) is 19.2 Å². The molecule has 5 nitrogen and oxygen atoms in total. The van der Waals surface area contributed by atoms with Crippen LogP contribution in [0.2, 0.25) is 5.02 Å². The molecule has 0 aliphatic carbocycles. The van der Waals surface area contributed by atoms with Crippen LogP contribution in [0.25, 0.3) is 6.08 Å². The molecule has 3 N–H and O–H groups in total. The Labute approximate surface area is 176 Å². The lowest BCUT2D eigenvalue weighted by Crippen LogP contribution is -2.39. The third-order valence-electron chi connectivity index (χ3n) is 5.10. The van der Waals surface area contributed by atoms with Crippen LogP contribution in [-0.2, 0) is 15.0 Å². The summed E-state index contributed by atoms with van der Waals surface area (Å²) in [5, 5.41) is 3.72. The molecule has 2 rings (SSSR count). The van der Waals surface area contributed by atoms with Crippen molar-refractivity contribution in [2.45, 2.75) is 32.1 Å². The third-order valence-corrected chi connectivity index (χ3v) is 5.35. The van der Waals surface area contributed by atoms with Gasteiger partial charge in [-0.2, -0.15) is 0 Å². The number of primary amides is 1. The quantitative estimate of drug-likeness (QED) is 0.574. The summed E-state index contributed by atoms with van der Waals surface area (Å²) in [5.74, 6) is -0.136. The largest absolute Gasteiger partial charge is 0.484 e. The van der Waals surface area contributed by atoms with Gasteiger partial charge < -0.3 is 15.8 Å². The van der Waals surface area contributed by atoms with Crippen LogP contribution < -0.4 is 15.8 Å². The molecule has 154 valence electrons. The second-order valence-electron chi connectivity index (χ2n) is 6.87. The lowest BCUT2D eigenvalue weighted by molar-refractivity contribution is -0.120. The van der Waals surface area contributed by atoms with E-state index in [0.29, 0.717) is 17.3 Å². The lowest BCUT2D eigenvalue weighted by Gasteiger charge is -2.32. The third kappa shape index (κ3) is 6.64. The smallest absolute Gasteiger partial charge is 0.255 e. The molecule has 0 aliphatic heterocycles. The summed E-state index contributed by atoms with van der Waals surface area (Å²) in [6, 6.07) is 14.9. The molecule has 0 spiro atoms. The molecule has 0 saturated heterocycles. The second kappa shape index (κ2) is 10.7. The molecule has 0 aliphatic rings. The van der Waals surface area contributed by atoms with Gasteiger partial charge in [-0.25, -0.2) is 0 Å². The van der Waals surface area contributed by atoms with Gasteiger partial charge in [0.1, 0.15) is 5.75 Å². The van der Waals surface area contributed by atoms with Gasteiger partial charge in [-0.1, -0.05) is 49.7 Å². The maximum atomic E-state index is 12.3. The van der Waals surface area contributed by atoms with Crippen LogP contribution in [0.4, 0.5) is 0 Å². The Morgan fingerprint density at radius 2 is 1.69 bits per heavy atom. The van der Waals surface area contributed by atoms with Crippen LogP contribution in [0.15, 0.2) is 54.6 Å². The number of nitrogens with one attached hydrogen (secondary N) is 1. The monoisotopic (exact) mass is 414 g/mol. The minimum Gasteiger partial charge on any atom is -0.484 e. The molecule has 2 amide bonds. The summed E-state index contributed by atoms with van der Waals surface area (Å²) in [4.78, 5) is 23.1. The van der Waals surface area contributed by atoms with E-state index in [1.165, 1.54) is 11.6 Å². The highest BCUT2D eigenvalue weighted by molar-refractivity contribution is 6.30. The minimum absolute atomic E-state index is 0.131. The number of carbonyl (C=O) groups is 2. The first kappa shape index (κ1) is 22.5. The number of hydrogen-bond acceptors (Lipinski definition) is 3. The van der Waals surface area contributed by atoms with Crippen LogP contribution in [0.3, 0.4) is 0 Å². The number of carbonyl (C=O) groups excluding carboxylic acids is 2. The number of benzene rings is 2. The summed E-state index contributed by atoms with van der Waals surface area (Å²) in [6.07, 6.45) is 5.05. The zero-order valence-electron chi connectivity index (χ0n) is 16.8. The number of hydrogen-bond donors (Lipinski definition) is 2. The lowest BCUT2D eigenvalue weighted by atomic mass is 9.76. The van der Waals surface area contributed by atoms with Gasteiger partial charge in [0.05, 0.1) is 0 Å². The molecular weight excluding hydrogens is 388 g/mol. The minimum atomic E-state index is -0.528. The fourth-order valence-electron chi connectivity index (χ4n) is 3.13. The summed E-state index contributed by atoms with van der Waals surface area (Å²) in [6.45, 7) is 4.64. The molecule has 0 bridgehead atoms. The van der Waals surface area contributed by atoms with Crippen LogP contribution in [0, 0.1) is 0 Å². The van der Waals surface area contributed by atoms with Gasteiger partial charge in [-0.15, -0.1) is 0 Å². The maximum Gasteiger partial charge on any atom is 0.255 e. The summed E-state index contributed by atoms with van der Waals surface area (Å²) in [5.41, 5.74) is 6.93. The van der Waals surface area contributed by atoms with Crippen molar-refractivity contribution in [3.8, 4) is 5.75 Å². The average Bonchev–Trinajstić information content (AvgIpc) is 2.73. The SMILES string of the molecule is CCC(CC)(CNC(=O)/C=C/c1ccc(OCC(N)=O)cc1)c1ccc(Cl)cc1. The molecular formula is C23H27ClN2O3. The molecule has 2 aromatic carbocycles. The molecule has 0 radical (unpaired) electrons. The van der Waals surface area contributed by atoms with Crippen LogP contribution in [0.1, 0.15) is 37.8 Å². The Balaban J connectivity index is 1.96. The molecule has 0 unspecified atom stereocenters. The van der Waals surface area contributed by atoms with Crippen molar-refractivity contribution < 1.29 is 14.3 Å². The van der Waals surface area contributed by atoms with Crippen molar-refractivity contribution in [3.63, 3.8) is 0 Å². The Morgan fingerprint density at radius 1 is 1.07 bits per heavy atom. The van der Waals surface area contributed by atoms with Gasteiger partial charge >= 0.3 is 0 Å². The van der Waals surface area contributed by atoms with Crippen molar-refractivity contribution in [2.24, 2.45) is 5.73 Å². The van der Waals surface area contributed by atoms with Crippen molar-refractivity contribution in [3.05, 3.63) is 70.8 Å². The van der Waals surface area contributed by atoms with Gasteiger partial charge in [-0.3, -0.25) is 9.59 Å². The van der Waals surface area contributed by atoms with Gasteiger partial charge in [0.25, 0.3) is 5.91 Å². The molecule has 0 fully saturated rings.